The van der Waals surface area contributed by atoms with Gasteiger partial charge in [0, 0.05) is 31.2 Å². The third-order valence-electron chi connectivity index (χ3n) is 4.83. The Hall–Kier alpha value is -1.77. The molecule has 3 heteroatoms. The van der Waals surface area contributed by atoms with E-state index in [0.29, 0.717) is 18.4 Å². The molecule has 1 saturated heterocycles. The number of carbonyl (C=O) groups excluding carboxylic acids is 1. The van der Waals surface area contributed by atoms with Crippen molar-refractivity contribution in [3.8, 4) is 0 Å². The topological polar surface area (TPSA) is 32.3 Å². The fourth-order valence-corrected chi connectivity index (χ4v) is 3.57. The molecule has 0 aromatic heterocycles. The molecule has 1 amide bonds. The normalized spacial score (nSPS) is 32.1. The summed E-state index contributed by atoms with van der Waals surface area (Å²) in [7, 11) is 1.92. The highest BCUT2D eigenvalue weighted by atomic mass is 16.2. The van der Waals surface area contributed by atoms with E-state index in [2.05, 4.69) is 43.1 Å². The van der Waals surface area contributed by atoms with E-state index in [4.69, 9.17) is 0 Å². The van der Waals surface area contributed by atoms with Crippen LogP contribution < -0.4 is 5.32 Å². The number of fused-ring (bicyclic) bond motifs is 1. The van der Waals surface area contributed by atoms with Crippen LogP contribution in [0.2, 0.25) is 0 Å². The molecule has 1 aliphatic carbocycles. The molecular formula is C16H20N2O. The number of rotatable bonds is 4. The van der Waals surface area contributed by atoms with Gasteiger partial charge in [-0.3, -0.25) is 4.79 Å². The lowest BCUT2D eigenvalue weighted by Gasteiger charge is -2.23. The third-order valence-corrected chi connectivity index (χ3v) is 4.83. The molecule has 0 radical (unpaired) electrons. The van der Waals surface area contributed by atoms with Crippen LogP contribution in [-0.4, -0.2) is 30.9 Å². The van der Waals surface area contributed by atoms with Crippen LogP contribution in [0.3, 0.4) is 0 Å². The van der Waals surface area contributed by atoms with Crippen LogP contribution in [-0.2, 0) is 10.2 Å². The summed E-state index contributed by atoms with van der Waals surface area (Å²) in [5, 5.41) is 3.16. The lowest BCUT2D eigenvalue weighted by molar-refractivity contribution is -0.130. The quantitative estimate of drug-likeness (QED) is 0.838. The Labute approximate surface area is 114 Å². The number of hydrogen-bond acceptors (Lipinski definition) is 2. The molecule has 0 bridgehead atoms. The molecule has 100 valence electrons. The van der Waals surface area contributed by atoms with E-state index in [-0.39, 0.29) is 11.3 Å². The van der Waals surface area contributed by atoms with Crippen LogP contribution in [0.25, 0.3) is 0 Å². The molecule has 2 fully saturated rings. The van der Waals surface area contributed by atoms with Gasteiger partial charge in [-0.15, -0.1) is 6.58 Å². The van der Waals surface area contributed by atoms with Gasteiger partial charge in [-0.2, -0.15) is 0 Å². The summed E-state index contributed by atoms with van der Waals surface area (Å²) in [5.41, 5.74) is 2.42. The Morgan fingerprint density at radius 3 is 2.95 bits per heavy atom. The number of benzene rings is 1. The molecule has 1 aromatic carbocycles. The second-order valence-corrected chi connectivity index (χ2v) is 5.73. The Morgan fingerprint density at radius 2 is 2.37 bits per heavy atom. The van der Waals surface area contributed by atoms with Crippen LogP contribution in [0.15, 0.2) is 36.9 Å². The molecule has 1 aromatic rings. The van der Waals surface area contributed by atoms with E-state index in [1.165, 1.54) is 5.56 Å². The largest absolute Gasteiger partial charge is 0.388 e. The maximum Gasteiger partial charge on any atom is 0.227 e. The SMILES string of the molecule is C=CCN1CC2C(C1=O)C2(C)c1cccc(NC)c1. The summed E-state index contributed by atoms with van der Waals surface area (Å²) in [4.78, 5) is 14.3. The number of amides is 1. The zero-order valence-corrected chi connectivity index (χ0v) is 11.5. The summed E-state index contributed by atoms with van der Waals surface area (Å²) < 4.78 is 0. The van der Waals surface area contributed by atoms with Gasteiger partial charge in [-0.05, 0) is 23.6 Å². The number of nitrogens with one attached hydrogen (secondary N) is 1. The van der Waals surface area contributed by atoms with Crippen molar-refractivity contribution in [2.45, 2.75) is 12.3 Å². The smallest absolute Gasteiger partial charge is 0.227 e. The van der Waals surface area contributed by atoms with Gasteiger partial charge in [-0.25, -0.2) is 0 Å². The zero-order valence-electron chi connectivity index (χ0n) is 11.5. The van der Waals surface area contributed by atoms with Crippen molar-refractivity contribution < 1.29 is 4.79 Å². The second kappa shape index (κ2) is 4.12. The summed E-state index contributed by atoms with van der Waals surface area (Å²) in [6.45, 7) is 7.49. The van der Waals surface area contributed by atoms with Crippen molar-refractivity contribution in [3.05, 3.63) is 42.5 Å². The number of piperidine rings is 1. The molecule has 3 unspecified atom stereocenters. The number of anilines is 1. The first-order chi connectivity index (χ1) is 9.12. The van der Waals surface area contributed by atoms with E-state index in [0.717, 1.165) is 12.2 Å². The van der Waals surface area contributed by atoms with Crippen LogP contribution in [0.4, 0.5) is 5.69 Å². The number of likely N-dealkylation sites (tertiary alicyclic amines) is 1. The molecular weight excluding hydrogens is 236 g/mol. The van der Waals surface area contributed by atoms with Crippen LogP contribution in [0.1, 0.15) is 12.5 Å². The first-order valence-corrected chi connectivity index (χ1v) is 6.81. The predicted octanol–water partition coefficient (Wildman–Crippen LogP) is 2.26. The lowest BCUT2D eigenvalue weighted by Crippen LogP contribution is -2.33. The molecule has 3 atom stereocenters. The summed E-state index contributed by atoms with van der Waals surface area (Å²) in [6.07, 6.45) is 1.81. The second-order valence-electron chi connectivity index (χ2n) is 5.73. The van der Waals surface area contributed by atoms with E-state index in [9.17, 15) is 4.79 Å². The minimum Gasteiger partial charge on any atom is -0.388 e. The number of carbonyl (C=O) groups is 1. The highest BCUT2D eigenvalue weighted by Crippen LogP contribution is 2.63. The molecule has 3 rings (SSSR count). The van der Waals surface area contributed by atoms with Gasteiger partial charge in [-0.1, -0.05) is 25.1 Å². The Balaban J connectivity index is 1.85. The van der Waals surface area contributed by atoms with Gasteiger partial charge >= 0.3 is 0 Å². The third kappa shape index (κ3) is 1.61. The highest BCUT2D eigenvalue weighted by molar-refractivity contribution is 5.88. The average molecular weight is 256 g/mol. The van der Waals surface area contributed by atoms with Crippen molar-refractivity contribution in [2.75, 3.05) is 25.5 Å². The standard InChI is InChI=1S/C16H20N2O/c1-4-8-18-10-13-14(15(18)19)16(13,2)11-6-5-7-12(9-11)17-3/h4-7,9,13-14,17H,1,8,10H2,2-3H3. The maximum absolute atomic E-state index is 12.3. The molecule has 2 aliphatic rings. The minimum absolute atomic E-state index is 0.0294. The molecule has 1 saturated carbocycles. The van der Waals surface area contributed by atoms with Crippen molar-refractivity contribution in [1.82, 2.24) is 4.90 Å². The van der Waals surface area contributed by atoms with Crippen molar-refractivity contribution in [3.63, 3.8) is 0 Å². The number of hydrogen-bond donors (Lipinski definition) is 1. The maximum atomic E-state index is 12.3. The fourth-order valence-electron chi connectivity index (χ4n) is 3.57. The lowest BCUT2D eigenvalue weighted by atomic mass is 9.91. The van der Waals surface area contributed by atoms with Gasteiger partial charge in [0.15, 0.2) is 0 Å². The molecule has 19 heavy (non-hydrogen) atoms. The Morgan fingerprint density at radius 1 is 1.58 bits per heavy atom. The fraction of sp³-hybridized carbons (Fsp3) is 0.438. The van der Waals surface area contributed by atoms with Crippen molar-refractivity contribution in [2.24, 2.45) is 11.8 Å². The van der Waals surface area contributed by atoms with Crippen LogP contribution in [0, 0.1) is 11.8 Å². The minimum atomic E-state index is 0.0294. The zero-order chi connectivity index (χ0) is 13.6. The summed E-state index contributed by atoms with van der Waals surface area (Å²) in [6, 6.07) is 8.43. The molecule has 1 aliphatic heterocycles. The summed E-state index contributed by atoms with van der Waals surface area (Å²) in [5.74, 6) is 0.925. The Bertz CT molecular complexity index is 539. The molecule has 1 N–H and O–H groups in total. The van der Waals surface area contributed by atoms with Crippen LogP contribution in [0.5, 0.6) is 0 Å². The summed E-state index contributed by atoms with van der Waals surface area (Å²) >= 11 is 0. The first-order valence-electron chi connectivity index (χ1n) is 6.81. The van der Waals surface area contributed by atoms with Crippen molar-refractivity contribution in [1.29, 1.82) is 0 Å². The van der Waals surface area contributed by atoms with Crippen LogP contribution >= 0.6 is 0 Å². The molecule has 0 spiro atoms. The van der Waals surface area contributed by atoms with E-state index >= 15 is 0 Å². The molecule has 1 heterocycles. The number of nitrogens with zero attached hydrogens (tertiary/aromatic N) is 1. The Kier molecular flexibility index (Phi) is 2.66. The van der Waals surface area contributed by atoms with Crippen molar-refractivity contribution >= 4 is 11.6 Å². The van der Waals surface area contributed by atoms with E-state index in [1.807, 2.05) is 18.0 Å². The first kappa shape index (κ1) is 12.3. The highest BCUT2D eigenvalue weighted by Gasteiger charge is 2.70. The van der Waals surface area contributed by atoms with E-state index < -0.39 is 0 Å². The monoisotopic (exact) mass is 256 g/mol. The van der Waals surface area contributed by atoms with Gasteiger partial charge < -0.3 is 10.2 Å². The van der Waals surface area contributed by atoms with Gasteiger partial charge in [0.2, 0.25) is 5.91 Å². The van der Waals surface area contributed by atoms with Gasteiger partial charge in [0.1, 0.15) is 0 Å². The predicted molar refractivity (Wildman–Crippen MR) is 77.1 cm³/mol. The average Bonchev–Trinajstić information content (AvgIpc) is 2.88. The molecule has 3 nitrogen and oxygen atoms in total. The van der Waals surface area contributed by atoms with E-state index in [1.54, 1.807) is 0 Å². The van der Waals surface area contributed by atoms with Gasteiger partial charge in [0.05, 0.1) is 5.92 Å². The van der Waals surface area contributed by atoms with Gasteiger partial charge in [0.25, 0.3) is 0 Å².